The topological polar surface area (TPSA) is 67.4 Å². The Labute approximate surface area is 172 Å². The third-order valence-corrected chi connectivity index (χ3v) is 6.22. The summed E-state index contributed by atoms with van der Waals surface area (Å²) in [7, 11) is 0. The fraction of sp³-hybridized carbons (Fsp3) is 0.522. The fourth-order valence-corrected chi connectivity index (χ4v) is 4.37. The quantitative estimate of drug-likeness (QED) is 0.824. The van der Waals surface area contributed by atoms with Gasteiger partial charge in [0, 0.05) is 31.1 Å². The van der Waals surface area contributed by atoms with Crippen LogP contribution in [0.5, 0.6) is 11.6 Å². The van der Waals surface area contributed by atoms with Gasteiger partial charge in [0.15, 0.2) is 0 Å². The van der Waals surface area contributed by atoms with Crippen molar-refractivity contribution >= 4 is 11.7 Å². The minimum Gasteiger partial charge on any atom is -0.439 e. The molecule has 1 N–H and O–H groups in total. The van der Waals surface area contributed by atoms with Crippen molar-refractivity contribution in [3.8, 4) is 11.6 Å². The average molecular weight is 395 g/mol. The van der Waals surface area contributed by atoms with E-state index in [1.807, 2.05) is 36.4 Å². The SMILES string of the molecule is C[C@H]1CCCC[C@@H]1NC(=O)C1CCN(c2cc(Oc3ccccc3)ncn2)CC1. The van der Waals surface area contributed by atoms with Crippen molar-refractivity contribution in [1.82, 2.24) is 15.3 Å². The molecular formula is C23H30N4O2. The molecule has 2 heterocycles. The van der Waals surface area contributed by atoms with Gasteiger partial charge in [-0.3, -0.25) is 4.79 Å². The Hall–Kier alpha value is -2.63. The molecule has 1 amide bonds. The number of para-hydroxylation sites is 1. The molecule has 1 aliphatic heterocycles. The van der Waals surface area contributed by atoms with Crippen LogP contribution < -0.4 is 15.0 Å². The number of nitrogens with zero attached hydrogens (tertiary/aromatic N) is 3. The molecule has 2 fully saturated rings. The number of amides is 1. The van der Waals surface area contributed by atoms with E-state index in [2.05, 4.69) is 27.1 Å². The molecule has 29 heavy (non-hydrogen) atoms. The summed E-state index contributed by atoms with van der Waals surface area (Å²) < 4.78 is 5.82. The maximum atomic E-state index is 12.7. The van der Waals surface area contributed by atoms with Crippen molar-refractivity contribution in [3.63, 3.8) is 0 Å². The summed E-state index contributed by atoms with van der Waals surface area (Å²) >= 11 is 0. The first-order chi connectivity index (χ1) is 14.2. The minimum atomic E-state index is 0.0993. The van der Waals surface area contributed by atoms with E-state index in [1.165, 1.54) is 25.6 Å². The van der Waals surface area contributed by atoms with E-state index >= 15 is 0 Å². The Bertz CT molecular complexity index is 806. The smallest absolute Gasteiger partial charge is 0.224 e. The molecular weight excluding hydrogens is 364 g/mol. The number of nitrogens with one attached hydrogen (secondary N) is 1. The first kappa shape index (κ1) is 19.7. The molecule has 1 aromatic carbocycles. The van der Waals surface area contributed by atoms with E-state index in [9.17, 15) is 4.79 Å². The first-order valence-electron chi connectivity index (χ1n) is 10.8. The summed E-state index contributed by atoms with van der Waals surface area (Å²) in [5.74, 6) is 3.07. The first-order valence-corrected chi connectivity index (χ1v) is 10.8. The maximum absolute atomic E-state index is 12.7. The summed E-state index contributed by atoms with van der Waals surface area (Å²) in [6, 6.07) is 11.8. The summed E-state index contributed by atoms with van der Waals surface area (Å²) in [5, 5.41) is 3.33. The van der Waals surface area contributed by atoms with Crippen LogP contribution in [0.15, 0.2) is 42.7 Å². The lowest BCUT2D eigenvalue weighted by molar-refractivity contribution is -0.126. The lowest BCUT2D eigenvalue weighted by Crippen LogP contribution is -2.46. The number of hydrogen-bond donors (Lipinski definition) is 1. The van der Waals surface area contributed by atoms with Crippen LogP contribution in [-0.4, -0.2) is 35.0 Å². The van der Waals surface area contributed by atoms with Gasteiger partial charge in [-0.25, -0.2) is 9.97 Å². The van der Waals surface area contributed by atoms with Gasteiger partial charge in [-0.2, -0.15) is 0 Å². The number of aromatic nitrogens is 2. The van der Waals surface area contributed by atoms with Gasteiger partial charge in [-0.15, -0.1) is 0 Å². The number of carbonyl (C=O) groups excluding carboxylic acids is 1. The van der Waals surface area contributed by atoms with Crippen LogP contribution in [0.4, 0.5) is 5.82 Å². The average Bonchev–Trinajstić information content (AvgIpc) is 2.76. The van der Waals surface area contributed by atoms with Crippen LogP contribution in [-0.2, 0) is 4.79 Å². The maximum Gasteiger partial charge on any atom is 0.224 e. The van der Waals surface area contributed by atoms with Crippen LogP contribution in [0.2, 0.25) is 0 Å². The van der Waals surface area contributed by atoms with E-state index < -0.39 is 0 Å². The molecule has 1 aliphatic carbocycles. The zero-order valence-electron chi connectivity index (χ0n) is 17.1. The van der Waals surface area contributed by atoms with Crippen molar-refractivity contribution in [2.24, 2.45) is 11.8 Å². The molecule has 2 aliphatic rings. The predicted molar refractivity (Wildman–Crippen MR) is 113 cm³/mol. The Kier molecular flexibility index (Phi) is 6.27. The lowest BCUT2D eigenvalue weighted by Gasteiger charge is -2.35. The van der Waals surface area contributed by atoms with E-state index in [-0.39, 0.29) is 11.8 Å². The zero-order valence-corrected chi connectivity index (χ0v) is 17.1. The summed E-state index contributed by atoms with van der Waals surface area (Å²) in [6.07, 6.45) is 8.12. The highest BCUT2D eigenvalue weighted by atomic mass is 16.5. The highest BCUT2D eigenvalue weighted by Crippen LogP contribution is 2.27. The van der Waals surface area contributed by atoms with Crippen molar-refractivity contribution in [1.29, 1.82) is 0 Å². The Morgan fingerprint density at radius 3 is 2.59 bits per heavy atom. The standard InChI is InChI=1S/C23H30N4O2/c1-17-7-5-6-10-20(17)26-23(28)18-11-13-27(14-12-18)21-15-22(25-16-24-21)29-19-8-3-2-4-9-19/h2-4,8-9,15-18,20H,5-7,10-14H2,1H3,(H,26,28)/t17-,20-/m0/s1. The van der Waals surface area contributed by atoms with E-state index in [4.69, 9.17) is 4.74 Å². The monoisotopic (exact) mass is 394 g/mol. The number of rotatable bonds is 5. The van der Waals surface area contributed by atoms with Gasteiger partial charge in [0.2, 0.25) is 11.8 Å². The highest BCUT2D eigenvalue weighted by Gasteiger charge is 2.29. The van der Waals surface area contributed by atoms with Crippen LogP contribution in [0.1, 0.15) is 45.4 Å². The van der Waals surface area contributed by atoms with Crippen molar-refractivity contribution < 1.29 is 9.53 Å². The van der Waals surface area contributed by atoms with Gasteiger partial charge in [-0.1, -0.05) is 38.0 Å². The Balaban J connectivity index is 1.31. The largest absolute Gasteiger partial charge is 0.439 e. The molecule has 0 unspecified atom stereocenters. The van der Waals surface area contributed by atoms with Crippen molar-refractivity contribution in [2.75, 3.05) is 18.0 Å². The highest BCUT2D eigenvalue weighted by molar-refractivity contribution is 5.79. The second-order valence-corrected chi connectivity index (χ2v) is 8.27. The molecule has 1 saturated heterocycles. The minimum absolute atomic E-state index is 0.0993. The van der Waals surface area contributed by atoms with Crippen LogP contribution >= 0.6 is 0 Å². The van der Waals surface area contributed by atoms with Gasteiger partial charge in [0.05, 0.1) is 0 Å². The van der Waals surface area contributed by atoms with Crippen LogP contribution in [0, 0.1) is 11.8 Å². The number of ether oxygens (including phenoxy) is 1. The zero-order chi connectivity index (χ0) is 20.1. The molecule has 2 aromatic rings. The normalized spacial score (nSPS) is 22.9. The summed E-state index contributed by atoms with van der Waals surface area (Å²) in [4.78, 5) is 23.6. The van der Waals surface area contributed by atoms with Gasteiger partial charge < -0.3 is 15.0 Å². The van der Waals surface area contributed by atoms with Crippen LogP contribution in [0.3, 0.4) is 0 Å². The molecule has 0 bridgehead atoms. The summed E-state index contributed by atoms with van der Waals surface area (Å²) in [6.45, 7) is 3.90. The Morgan fingerprint density at radius 2 is 1.83 bits per heavy atom. The lowest BCUT2D eigenvalue weighted by atomic mass is 9.85. The molecule has 1 aromatic heterocycles. The molecule has 0 spiro atoms. The molecule has 2 atom stereocenters. The molecule has 154 valence electrons. The molecule has 6 heteroatoms. The number of hydrogen-bond acceptors (Lipinski definition) is 5. The fourth-order valence-electron chi connectivity index (χ4n) is 4.37. The van der Waals surface area contributed by atoms with Crippen molar-refractivity contribution in [2.45, 2.75) is 51.5 Å². The third-order valence-electron chi connectivity index (χ3n) is 6.22. The molecule has 6 nitrogen and oxygen atoms in total. The van der Waals surface area contributed by atoms with Crippen molar-refractivity contribution in [3.05, 3.63) is 42.7 Å². The molecule has 4 rings (SSSR count). The number of benzene rings is 1. The van der Waals surface area contributed by atoms with Gasteiger partial charge in [-0.05, 0) is 43.7 Å². The Morgan fingerprint density at radius 1 is 1.07 bits per heavy atom. The second kappa shape index (κ2) is 9.25. The van der Waals surface area contributed by atoms with Gasteiger partial charge in [0.25, 0.3) is 0 Å². The summed E-state index contributed by atoms with van der Waals surface area (Å²) in [5.41, 5.74) is 0. The number of piperidine rings is 1. The van der Waals surface area contributed by atoms with Gasteiger partial charge in [0.1, 0.15) is 17.9 Å². The van der Waals surface area contributed by atoms with E-state index in [0.717, 1.165) is 43.9 Å². The third kappa shape index (κ3) is 5.05. The number of carbonyl (C=O) groups is 1. The predicted octanol–water partition coefficient (Wildman–Crippen LogP) is 4.18. The molecule has 0 radical (unpaired) electrons. The second-order valence-electron chi connectivity index (χ2n) is 8.27. The molecule has 1 saturated carbocycles. The van der Waals surface area contributed by atoms with E-state index in [1.54, 1.807) is 0 Å². The number of anilines is 1. The van der Waals surface area contributed by atoms with Gasteiger partial charge >= 0.3 is 0 Å². The van der Waals surface area contributed by atoms with Crippen LogP contribution in [0.25, 0.3) is 0 Å². The van der Waals surface area contributed by atoms with E-state index in [0.29, 0.717) is 17.8 Å².